The van der Waals surface area contributed by atoms with Gasteiger partial charge in [0, 0.05) is 23.8 Å². The first-order valence-corrected chi connectivity index (χ1v) is 11.4. The summed E-state index contributed by atoms with van der Waals surface area (Å²) < 4.78 is 4.90. The third-order valence-corrected chi connectivity index (χ3v) is 9.92. The molecule has 0 saturated heterocycles. The Kier molecular flexibility index (Phi) is 4.37. The zero-order valence-corrected chi connectivity index (χ0v) is 17.5. The summed E-state index contributed by atoms with van der Waals surface area (Å²) in [4.78, 5) is 11.8. The molecule has 29 heavy (non-hydrogen) atoms. The van der Waals surface area contributed by atoms with Crippen molar-refractivity contribution in [3.8, 4) is 0 Å². The number of fused-ring (bicyclic) bond motifs is 5. The topological polar surface area (TPSA) is 90.9 Å². The summed E-state index contributed by atoms with van der Waals surface area (Å²) in [5, 5.41) is 33.5. The molecule has 4 saturated carbocycles. The Bertz CT molecular complexity index is 850. The van der Waals surface area contributed by atoms with Gasteiger partial charge in [0.2, 0.25) is 0 Å². The maximum Gasteiger partial charge on any atom is 0.335 e. The molecule has 0 radical (unpaired) electrons. The van der Waals surface area contributed by atoms with Crippen LogP contribution in [0.5, 0.6) is 0 Å². The first-order valence-electron chi connectivity index (χ1n) is 11.4. The minimum absolute atomic E-state index is 0.163. The lowest BCUT2D eigenvalue weighted by Gasteiger charge is -2.63. The summed E-state index contributed by atoms with van der Waals surface area (Å²) in [6, 6.07) is 3.26. The number of aliphatic hydroxyl groups is 3. The van der Waals surface area contributed by atoms with Crippen molar-refractivity contribution < 1.29 is 19.7 Å². The fraction of sp³-hybridized carbons (Fsp3) is 0.792. The lowest BCUT2D eigenvalue weighted by atomic mass is 9.43. The molecule has 1 heterocycles. The Morgan fingerprint density at radius 1 is 1.07 bits per heavy atom. The molecule has 160 valence electrons. The molecule has 4 aliphatic rings. The lowest BCUT2D eigenvalue weighted by Crippen LogP contribution is -2.62. The highest BCUT2D eigenvalue weighted by Crippen LogP contribution is 2.70. The van der Waals surface area contributed by atoms with E-state index in [1.807, 2.05) is 0 Å². The fourth-order valence-electron chi connectivity index (χ4n) is 8.42. The molecular formula is C24H34O5. The van der Waals surface area contributed by atoms with E-state index in [4.69, 9.17) is 4.42 Å². The monoisotopic (exact) mass is 402 g/mol. The standard InChI is InChI=1S/C24H34O5/c1-22-8-5-16(25)12-15(22)3-4-18-17(22)6-9-23(2)21(19(26)13-24(18,23)28)14-7-10-29-20(27)11-14/h7,10-11,15-19,21,25-26,28H,3-6,8-9,12-13H2,1-2H3/t15-,16+,17+,18+,19-,21-,22+,23+,24+/m1/s1. The number of hydrogen-bond donors (Lipinski definition) is 3. The highest BCUT2D eigenvalue weighted by molar-refractivity contribution is 5.30. The maximum atomic E-state index is 12.2. The first-order chi connectivity index (χ1) is 13.7. The number of rotatable bonds is 1. The normalized spacial score (nSPS) is 51.8. The molecule has 0 aliphatic heterocycles. The molecule has 0 bridgehead atoms. The first kappa shape index (κ1) is 19.8. The Morgan fingerprint density at radius 2 is 1.86 bits per heavy atom. The minimum Gasteiger partial charge on any atom is -0.431 e. The van der Waals surface area contributed by atoms with Crippen molar-refractivity contribution in [1.82, 2.24) is 0 Å². The molecular weight excluding hydrogens is 368 g/mol. The molecule has 3 N–H and O–H groups in total. The van der Waals surface area contributed by atoms with Gasteiger partial charge in [-0.1, -0.05) is 13.8 Å². The third kappa shape index (κ3) is 2.60. The van der Waals surface area contributed by atoms with E-state index < -0.39 is 22.7 Å². The zero-order valence-electron chi connectivity index (χ0n) is 17.5. The average Bonchev–Trinajstić information content (AvgIpc) is 2.87. The second-order valence-corrected chi connectivity index (χ2v) is 10.9. The molecule has 0 amide bonds. The van der Waals surface area contributed by atoms with Gasteiger partial charge in [-0.25, -0.2) is 4.79 Å². The van der Waals surface area contributed by atoms with Gasteiger partial charge in [0.1, 0.15) is 0 Å². The van der Waals surface area contributed by atoms with Crippen LogP contribution < -0.4 is 5.63 Å². The zero-order chi connectivity index (χ0) is 20.6. The fourth-order valence-corrected chi connectivity index (χ4v) is 8.42. The Hall–Kier alpha value is -1.17. The second-order valence-electron chi connectivity index (χ2n) is 10.9. The van der Waals surface area contributed by atoms with Gasteiger partial charge in [0.25, 0.3) is 0 Å². The Balaban J connectivity index is 1.53. The SMILES string of the molecule is C[C@]12CC[C@H](O)C[C@H]1CC[C@H]1[C@@H]2CC[C@@]2(C)[C@H](c3ccoc(=O)c3)[C@H](O)C[C@]12O. The summed E-state index contributed by atoms with van der Waals surface area (Å²) in [7, 11) is 0. The average molecular weight is 403 g/mol. The highest BCUT2D eigenvalue weighted by Gasteiger charge is 2.69. The van der Waals surface area contributed by atoms with Crippen molar-refractivity contribution in [2.24, 2.45) is 28.6 Å². The summed E-state index contributed by atoms with van der Waals surface area (Å²) in [5.41, 5.74) is -0.850. The summed E-state index contributed by atoms with van der Waals surface area (Å²) in [6.45, 7) is 4.51. The van der Waals surface area contributed by atoms with Gasteiger partial charge in [0.05, 0.1) is 24.1 Å². The molecule has 0 unspecified atom stereocenters. The number of aliphatic hydroxyl groups excluding tert-OH is 2. The molecule has 5 heteroatoms. The van der Waals surface area contributed by atoms with Crippen LogP contribution in [-0.2, 0) is 0 Å². The van der Waals surface area contributed by atoms with Gasteiger partial charge >= 0.3 is 5.63 Å². The van der Waals surface area contributed by atoms with E-state index >= 15 is 0 Å². The number of hydrogen-bond acceptors (Lipinski definition) is 5. The van der Waals surface area contributed by atoms with Crippen LogP contribution in [-0.4, -0.2) is 33.1 Å². The molecule has 0 spiro atoms. The van der Waals surface area contributed by atoms with Gasteiger partial charge in [0.15, 0.2) is 0 Å². The van der Waals surface area contributed by atoms with Crippen LogP contribution in [0.15, 0.2) is 27.6 Å². The largest absolute Gasteiger partial charge is 0.431 e. The van der Waals surface area contributed by atoms with Crippen molar-refractivity contribution in [3.63, 3.8) is 0 Å². The van der Waals surface area contributed by atoms with Crippen LogP contribution in [0.1, 0.15) is 76.7 Å². The van der Waals surface area contributed by atoms with Crippen LogP contribution in [0, 0.1) is 28.6 Å². The van der Waals surface area contributed by atoms with Gasteiger partial charge in [-0.3, -0.25) is 0 Å². The maximum absolute atomic E-state index is 12.2. The predicted octanol–water partition coefficient (Wildman–Crippen LogP) is 3.21. The third-order valence-electron chi connectivity index (χ3n) is 9.92. The van der Waals surface area contributed by atoms with Crippen molar-refractivity contribution in [1.29, 1.82) is 0 Å². The van der Waals surface area contributed by atoms with Crippen LogP contribution >= 0.6 is 0 Å². The Morgan fingerprint density at radius 3 is 2.62 bits per heavy atom. The molecule has 4 aliphatic carbocycles. The Labute approximate surface area is 172 Å². The molecule has 9 atom stereocenters. The van der Waals surface area contributed by atoms with Crippen LogP contribution in [0.4, 0.5) is 0 Å². The molecule has 4 fully saturated rings. The summed E-state index contributed by atoms with van der Waals surface area (Å²) in [5.74, 6) is 0.869. The molecule has 5 rings (SSSR count). The van der Waals surface area contributed by atoms with Gasteiger partial charge in [-0.2, -0.15) is 0 Å². The van der Waals surface area contributed by atoms with Gasteiger partial charge < -0.3 is 19.7 Å². The van der Waals surface area contributed by atoms with Crippen LogP contribution in [0.2, 0.25) is 0 Å². The highest BCUT2D eigenvalue weighted by atomic mass is 16.4. The van der Waals surface area contributed by atoms with E-state index in [9.17, 15) is 20.1 Å². The summed E-state index contributed by atoms with van der Waals surface area (Å²) >= 11 is 0. The smallest absolute Gasteiger partial charge is 0.335 e. The van der Waals surface area contributed by atoms with Crippen molar-refractivity contribution in [2.45, 2.75) is 88.9 Å². The van der Waals surface area contributed by atoms with E-state index in [1.165, 1.54) is 12.3 Å². The van der Waals surface area contributed by atoms with E-state index in [0.29, 0.717) is 18.3 Å². The molecule has 1 aromatic heterocycles. The lowest BCUT2D eigenvalue weighted by molar-refractivity contribution is -0.205. The quantitative estimate of drug-likeness (QED) is 0.671. The molecule has 5 nitrogen and oxygen atoms in total. The van der Waals surface area contributed by atoms with Crippen molar-refractivity contribution in [3.05, 3.63) is 34.4 Å². The minimum atomic E-state index is -0.930. The molecule has 1 aromatic rings. The van der Waals surface area contributed by atoms with Gasteiger partial charge in [-0.05, 0) is 79.7 Å². The van der Waals surface area contributed by atoms with E-state index in [2.05, 4.69) is 13.8 Å². The van der Waals surface area contributed by atoms with Crippen molar-refractivity contribution in [2.75, 3.05) is 0 Å². The molecule has 0 aromatic carbocycles. The van der Waals surface area contributed by atoms with Crippen LogP contribution in [0.3, 0.4) is 0 Å². The van der Waals surface area contributed by atoms with Crippen LogP contribution in [0.25, 0.3) is 0 Å². The van der Waals surface area contributed by atoms with Crippen molar-refractivity contribution >= 4 is 0 Å². The van der Waals surface area contributed by atoms with Gasteiger partial charge in [-0.15, -0.1) is 0 Å². The predicted molar refractivity (Wildman–Crippen MR) is 108 cm³/mol. The van der Waals surface area contributed by atoms with E-state index in [1.54, 1.807) is 6.07 Å². The summed E-state index contributed by atoms with van der Waals surface area (Å²) in [6.07, 6.45) is 7.59. The van der Waals surface area contributed by atoms with E-state index in [-0.39, 0.29) is 23.4 Å². The van der Waals surface area contributed by atoms with E-state index in [0.717, 1.165) is 50.5 Å². The second kappa shape index (κ2) is 6.41.